The molecule has 4 heteroatoms. The van der Waals surface area contributed by atoms with Crippen LogP contribution in [0.2, 0.25) is 0 Å². The van der Waals surface area contributed by atoms with Crippen LogP contribution < -0.4 is 0 Å². The van der Waals surface area contributed by atoms with E-state index in [2.05, 4.69) is 4.98 Å². The van der Waals surface area contributed by atoms with Crippen LogP contribution in [0.25, 0.3) is 0 Å². The van der Waals surface area contributed by atoms with Crippen molar-refractivity contribution >= 4 is 11.3 Å². The fourth-order valence-electron chi connectivity index (χ4n) is 0.907. The summed E-state index contributed by atoms with van der Waals surface area (Å²) in [6, 6.07) is 0. The third kappa shape index (κ3) is 2.03. The molecule has 1 aromatic heterocycles. The van der Waals surface area contributed by atoms with Crippen molar-refractivity contribution in [3.05, 3.63) is 16.6 Å². The molecule has 68 valence electrons. The maximum atomic E-state index is 9.54. The van der Waals surface area contributed by atoms with Crippen LogP contribution in [0.4, 0.5) is 0 Å². The molecule has 0 aliphatic rings. The summed E-state index contributed by atoms with van der Waals surface area (Å²) >= 11 is 1.41. The fourth-order valence-corrected chi connectivity index (χ4v) is 1.49. The lowest BCUT2D eigenvalue weighted by atomic mass is 10.0. The Morgan fingerprint density at radius 2 is 2.08 bits per heavy atom. The average Bonchev–Trinajstić information content (AvgIpc) is 2.53. The number of aliphatic hydroxyl groups excluding tert-OH is 2. The highest BCUT2D eigenvalue weighted by molar-refractivity contribution is 7.07. The Bertz CT molecular complexity index is 223. The zero-order chi connectivity index (χ0) is 9.14. The summed E-state index contributed by atoms with van der Waals surface area (Å²) < 4.78 is 0. The topological polar surface area (TPSA) is 53.4 Å². The van der Waals surface area contributed by atoms with Crippen LogP contribution in [0, 0.1) is 5.92 Å². The highest BCUT2D eigenvalue weighted by Gasteiger charge is 2.22. The Hall–Kier alpha value is -0.450. The van der Waals surface area contributed by atoms with Gasteiger partial charge < -0.3 is 10.2 Å². The number of nitrogens with zero attached hydrogens (tertiary/aromatic N) is 1. The molecule has 0 amide bonds. The Labute approximate surface area is 75.7 Å². The van der Waals surface area contributed by atoms with Gasteiger partial charge in [-0.1, -0.05) is 13.8 Å². The van der Waals surface area contributed by atoms with Gasteiger partial charge in [0.05, 0.1) is 17.3 Å². The van der Waals surface area contributed by atoms with Crippen molar-refractivity contribution in [2.75, 3.05) is 0 Å². The molecule has 0 aromatic carbocycles. The molecule has 0 radical (unpaired) electrons. The first-order valence-electron chi connectivity index (χ1n) is 3.87. The van der Waals surface area contributed by atoms with E-state index in [1.165, 1.54) is 11.3 Å². The minimum atomic E-state index is -0.851. The molecule has 0 spiro atoms. The van der Waals surface area contributed by atoms with Crippen molar-refractivity contribution in [2.24, 2.45) is 5.92 Å². The standard InChI is InChI=1S/C8H13NO2S/c1-5(2)7(10)8(11)6-3-12-4-9-6/h3-5,7-8,10-11H,1-2H3. The molecule has 0 fully saturated rings. The van der Waals surface area contributed by atoms with Gasteiger partial charge in [-0.05, 0) is 5.92 Å². The molecule has 0 aliphatic carbocycles. The monoisotopic (exact) mass is 187 g/mol. The van der Waals surface area contributed by atoms with E-state index < -0.39 is 12.2 Å². The van der Waals surface area contributed by atoms with Crippen molar-refractivity contribution in [1.29, 1.82) is 0 Å². The predicted molar refractivity (Wildman–Crippen MR) is 47.9 cm³/mol. The van der Waals surface area contributed by atoms with Crippen LogP contribution in [-0.2, 0) is 0 Å². The Kier molecular flexibility index (Phi) is 3.20. The van der Waals surface area contributed by atoms with Crippen molar-refractivity contribution in [3.63, 3.8) is 0 Å². The molecule has 0 bridgehead atoms. The molecule has 2 N–H and O–H groups in total. The largest absolute Gasteiger partial charge is 0.390 e. The van der Waals surface area contributed by atoms with E-state index >= 15 is 0 Å². The molecule has 2 atom stereocenters. The number of rotatable bonds is 3. The van der Waals surface area contributed by atoms with E-state index in [1.807, 2.05) is 13.8 Å². The second kappa shape index (κ2) is 3.98. The summed E-state index contributed by atoms with van der Waals surface area (Å²) in [6.07, 6.45) is -1.58. The van der Waals surface area contributed by atoms with E-state index in [1.54, 1.807) is 10.9 Å². The van der Waals surface area contributed by atoms with Gasteiger partial charge in [-0.25, -0.2) is 4.98 Å². The van der Waals surface area contributed by atoms with Gasteiger partial charge in [0.15, 0.2) is 0 Å². The molecule has 2 unspecified atom stereocenters. The van der Waals surface area contributed by atoms with E-state index in [4.69, 9.17) is 0 Å². The van der Waals surface area contributed by atoms with Crippen LogP contribution >= 0.6 is 11.3 Å². The molecule has 1 heterocycles. The molecule has 0 saturated carbocycles. The molecular formula is C8H13NO2S. The Morgan fingerprint density at radius 1 is 1.42 bits per heavy atom. The SMILES string of the molecule is CC(C)C(O)C(O)c1cscn1. The van der Waals surface area contributed by atoms with E-state index in [0.29, 0.717) is 5.69 Å². The summed E-state index contributed by atoms with van der Waals surface area (Å²) in [5.74, 6) is 0.0432. The maximum Gasteiger partial charge on any atom is 0.123 e. The van der Waals surface area contributed by atoms with Crippen LogP contribution in [0.3, 0.4) is 0 Å². The zero-order valence-electron chi connectivity index (χ0n) is 7.14. The summed E-state index contributed by atoms with van der Waals surface area (Å²) in [5, 5.41) is 20.8. The second-order valence-electron chi connectivity index (χ2n) is 3.09. The minimum Gasteiger partial charge on any atom is -0.390 e. The van der Waals surface area contributed by atoms with Gasteiger partial charge in [-0.3, -0.25) is 0 Å². The number of aromatic nitrogens is 1. The van der Waals surface area contributed by atoms with Gasteiger partial charge in [0.2, 0.25) is 0 Å². The molecule has 0 saturated heterocycles. The van der Waals surface area contributed by atoms with Gasteiger partial charge in [-0.2, -0.15) is 0 Å². The lowest BCUT2D eigenvalue weighted by molar-refractivity contribution is -0.0113. The maximum absolute atomic E-state index is 9.54. The number of aliphatic hydroxyl groups is 2. The quantitative estimate of drug-likeness (QED) is 0.747. The first-order valence-corrected chi connectivity index (χ1v) is 4.81. The van der Waals surface area contributed by atoms with Crippen LogP contribution in [0.5, 0.6) is 0 Å². The van der Waals surface area contributed by atoms with Gasteiger partial charge in [0.25, 0.3) is 0 Å². The average molecular weight is 187 g/mol. The van der Waals surface area contributed by atoms with Gasteiger partial charge >= 0.3 is 0 Å². The summed E-state index contributed by atoms with van der Waals surface area (Å²) in [7, 11) is 0. The van der Waals surface area contributed by atoms with Gasteiger partial charge in [-0.15, -0.1) is 11.3 Å². The minimum absolute atomic E-state index is 0.0432. The van der Waals surface area contributed by atoms with Gasteiger partial charge in [0, 0.05) is 5.38 Å². The van der Waals surface area contributed by atoms with Crippen molar-refractivity contribution in [2.45, 2.75) is 26.1 Å². The molecule has 1 aromatic rings. The number of hydrogen-bond donors (Lipinski definition) is 2. The first kappa shape index (κ1) is 9.64. The van der Waals surface area contributed by atoms with Crippen LogP contribution in [0.1, 0.15) is 25.6 Å². The normalized spacial score (nSPS) is 16.4. The highest BCUT2D eigenvalue weighted by atomic mass is 32.1. The smallest absolute Gasteiger partial charge is 0.123 e. The van der Waals surface area contributed by atoms with Crippen molar-refractivity contribution < 1.29 is 10.2 Å². The van der Waals surface area contributed by atoms with E-state index in [-0.39, 0.29) is 5.92 Å². The lowest BCUT2D eigenvalue weighted by Gasteiger charge is -2.19. The molecular weight excluding hydrogens is 174 g/mol. The van der Waals surface area contributed by atoms with Crippen molar-refractivity contribution in [1.82, 2.24) is 4.98 Å². The predicted octanol–water partition coefficient (Wildman–Crippen LogP) is 1.19. The summed E-state index contributed by atoms with van der Waals surface area (Å²) in [4.78, 5) is 3.93. The fraction of sp³-hybridized carbons (Fsp3) is 0.625. The second-order valence-corrected chi connectivity index (χ2v) is 3.81. The Morgan fingerprint density at radius 3 is 2.50 bits per heavy atom. The third-order valence-corrected chi connectivity index (χ3v) is 2.37. The molecule has 3 nitrogen and oxygen atoms in total. The Balaban J connectivity index is 2.65. The molecule has 1 rings (SSSR count). The zero-order valence-corrected chi connectivity index (χ0v) is 7.95. The van der Waals surface area contributed by atoms with Crippen LogP contribution in [-0.4, -0.2) is 21.3 Å². The highest BCUT2D eigenvalue weighted by Crippen LogP contribution is 2.20. The molecule has 12 heavy (non-hydrogen) atoms. The number of hydrogen-bond acceptors (Lipinski definition) is 4. The van der Waals surface area contributed by atoms with E-state index in [0.717, 1.165) is 0 Å². The van der Waals surface area contributed by atoms with E-state index in [9.17, 15) is 10.2 Å². The lowest BCUT2D eigenvalue weighted by Crippen LogP contribution is -2.24. The first-order chi connectivity index (χ1) is 5.63. The van der Waals surface area contributed by atoms with Crippen LogP contribution in [0.15, 0.2) is 10.9 Å². The summed E-state index contributed by atoms with van der Waals surface area (Å²) in [5.41, 5.74) is 2.20. The summed E-state index contributed by atoms with van der Waals surface area (Å²) in [6.45, 7) is 3.72. The third-order valence-electron chi connectivity index (χ3n) is 1.76. The van der Waals surface area contributed by atoms with Crippen molar-refractivity contribution in [3.8, 4) is 0 Å². The number of thiazole rings is 1. The van der Waals surface area contributed by atoms with Gasteiger partial charge in [0.1, 0.15) is 6.10 Å². The molecule has 0 aliphatic heterocycles.